The third-order valence-electron chi connectivity index (χ3n) is 4.49. The van der Waals surface area contributed by atoms with Crippen molar-refractivity contribution < 1.29 is 24.2 Å². The molecule has 3 rings (SSSR count). The van der Waals surface area contributed by atoms with Gasteiger partial charge in [-0.05, 0) is 58.7 Å². The number of ketones is 1. The molecule has 1 amide bonds. The molecule has 0 bridgehead atoms. The number of Topliss-reactive ketones (excluding diaryl/α,β-unsaturated/α-hetero) is 1. The standard InChI is InChI=1S/C20H18INO5/c21-16-9-8-14(11-15(16)13-5-2-1-3-6-13)18(23)12-27-19(24)17-7-4-10-22(17)20(25)26/h1-3,5-6,8-9,11,17H,4,7,10,12H2,(H,25,26)/t17-/m0/s1. The molecule has 140 valence electrons. The van der Waals surface area contributed by atoms with Crippen LogP contribution in [-0.4, -0.2) is 47.0 Å². The molecule has 1 aliphatic heterocycles. The van der Waals surface area contributed by atoms with Crippen LogP contribution >= 0.6 is 22.6 Å². The summed E-state index contributed by atoms with van der Waals surface area (Å²) in [5, 5.41) is 9.10. The lowest BCUT2D eigenvalue weighted by molar-refractivity contribution is -0.147. The Bertz CT molecular complexity index is 868. The van der Waals surface area contributed by atoms with Gasteiger partial charge in [0.05, 0.1) is 0 Å². The van der Waals surface area contributed by atoms with E-state index in [1.807, 2.05) is 36.4 Å². The lowest BCUT2D eigenvalue weighted by Crippen LogP contribution is -2.41. The lowest BCUT2D eigenvalue weighted by Gasteiger charge is -2.19. The first-order valence-corrected chi connectivity index (χ1v) is 9.59. The lowest BCUT2D eigenvalue weighted by atomic mass is 10.0. The molecule has 0 unspecified atom stereocenters. The monoisotopic (exact) mass is 479 g/mol. The molecule has 0 saturated carbocycles. The van der Waals surface area contributed by atoms with E-state index in [1.165, 1.54) is 0 Å². The SMILES string of the molecule is O=C(COC(=O)[C@@H]1CCCN1C(=O)O)c1ccc(I)c(-c2ccccc2)c1. The first-order chi connectivity index (χ1) is 13.0. The van der Waals surface area contributed by atoms with Gasteiger partial charge in [0.25, 0.3) is 0 Å². The van der Waals surface area contributed by atoms with Crippen molar-refractivity contribution in [1.29, 1.82) is 0 Å². The van der Waals surface area contributed by atoms with Crippen LogP contribution in [0.2, 0.25) is 0 Å². The average molecular weight is 479 g/mol. The minimum atomic E-state index is -1.15. The van der Waals surface area contributed by atoms with Crippen molar-refractivity contribution in [3.8, 4) is 11.1 Å². The number of rotatable bonds is 5. The number of carbonyl (C=O) groups is 3. The summed E-state index contributed by atoms with van der Waals surface area (Å²) in [4.78, 5) is 36.8. The van der Waals surface area contributed by atoms with Gasteiger partial charge >= 0.3 is 12.1 Å². The number of halogens is 1. The molecule has 0 aliphatic carbocycles. The Hall–Kier alpha value is -2.42. The third kappa shape index (κ3) is 4.47. The number of amides is 1. The summed E-state index contributed by atoms with van der Waals surface area (Å²) >= 11 is 2.21. The summed E-state index contributed by atoms with van der Waals surface area (Å²) in [7, 11) is 0. The maximum atomic E-state index is 12.5. The highest BCUT2D eigenvalue weighted by Crippen LogP contribution is 2.26. The summed E-state index contributed by atoms with van der Waals surface area (Å²) in [6.45, 7) is -0.0990. The first kappa shape index (κ1) is 19.3. The van der Waals surface area contributed by atoms with E-state index in [9.17, 15) is 14.4 Å². The predicted octanol–water partition coefficient (Wildman–Crippen LogP) is 3.83. The van der Waals surface area contributed by atoms with Crippen LogP contribution in [-0.2, 0) is 9.53 Å². The number of hydrogen-bond acceptors (Lipinski definition) is 4. The van der Waals surface area contributed by atoms with Gasteiger partial charge in [0, 0.05) is 15.7 Å². The number of hydrogen-bond donors (Lipinski definition) is 1. The number of ether oxygens (including phenoxy) is 1. The van der Waals surface area contributed by atoms with Gasteiger partial charge < -0.3 is 9.84 Å². The van der Waals surface area contributed by atoms with E-state index in [4.69, 9.17) is 9.84 Å². The van der Waals surface area contributed by atoms with Gasteiger partial charge in [0.1, 0.15) is 6.04 Å². The van der Waals surface area contributed by atoms with Crippen LogP contribution in [0.15, 0.2) is 48.5 Å². The molecule has 1 fully saturated rings. The number of benzene rings is 2. The molecule has 1 N–H and O–H groups in total. The summed E-state index contributed by atoms with van der Waals surface area (Å²) in [5.41, 5.74) is 2.38. The van der Waals surface area contributed by atoms with Crippen LogP contribution in [0.25, 0.3) is 11.1 Å². The Morgan fingerprint density at radius 2 is 1.89 bits per heavy atom. The van der Waals surface area contributed by atoms with Gasteiger partial charge in [0.2, 0.25) is 0 Å². The Kier molecular flexibility index (Phi) is 6.10. The molecule has 0 aromatic heterocycles. The molecule has 2 aromatic rings. The highest BCUT2D eigenvalue weighted by Gasteiger charge is 2.35. The zero-order chi connectivity index (χ0) is 19.4. The zero-order valence-corrected chi connectivity index (χ0v) is 16.6. The third-order valence-corrected chi connectivity index (χ3v) is 5.43. The molecule has 2 aromatic carbocycles. The predicted molar refractivity (Wildman–Crippen MR) is 108 cm³/mol. The van der Waals surface area contributed by atoms with Crippen LogP contribution in [0.1, 0.15) is 23.2 Å². The van der Waals surface area contributed by atoms with Crippen LogP contribution < -0.4 is 0 Å². The van der Waals surface area contributed by atoms with E-state index in [0.717, 1.165) is 19.6 Å². The molecule has 27 heavy (non-hydrogen) atoms. The van der Waals surface area contributed by atoms with Gasteiger partial charge in [-0.25, -0.2) is 9.59 Å². The fraction of sp³-hybridized carbons (Fsp3) is 0.250. The van der Waals surface area contributed by atoms with Crippen LogP contribution in [0, 0.1) is 3.57 Å². The van der Waals surface area contributed by atoms with Gasteiger partial charge in [-0.2, -0.15) is 0 Å². The average Bonchev–Trinajstić information content (AvgIpc) is 3.17. The van der Waals surface area contributed by atoms with E-state index >= 15 is 0 Å². The second kappa shape index (κ2) is 8.51. The van der Waals surface area contributed by atoms with Crippen molar-refractivity contribution in [2.75, 3.05) is 13.2 Å². The smallest absolute Gasteiger partial charge is 0.408 e. The largest absolute Gasteiger partial charge is 0.465 e. The summed E-state index contributed by atoms with van der Waals surface area (Å²) in [5.74, 6) is -0.992. The van der Waals surface area contributed by atoms with E-state index in [-0.39, 0.29) is 5.78 Å². The molecule has 0 spiro atoms. The van der Waals surface area contributed by atoms with Crippen molar-refractivity contribution in [2.24, 2.45) is 0 Å². The molecule has 1 atom stereocenters. The topological polar surface area (TPSA) is 83.9 Å². The molecule has 1 heterocycles. The van der Waals surface area contributed by atoms with E-state index in [2.05, 4.69) is 22.6 Å². The Morgan fingerprint density at radius 3 is 2.59 bits per heavy atom. The van der Waals surface area contributed by atoms with Crippen LogP contribution in [0.5, 0.6) is 0 Å². The van der Waals surface area contributed by atoms with Gasteiger partial charge in [-0.1, -0.05) is 36.4 Å². The normalized spacial score (nSPS) is 16.2. The Labute approximate surface area is 170 Å². The summed E-state index contributed by atoms with van der Waals surface area (Å²) in [6, 6.07) is 14.2. The second-order valence-electron chi connectivity index (χ2n) is 6.23. The van der Waals surface area contributed by atoms with Crippen molar-refractivity contribution in [2.45, 2.75) is 18.9 Å². The minimum absolute atomic E-state index is 0.306. The summed E-state index contributed by atoms with van der Waals surface area (Å²) < 4.78 is 6.11. The fourth-order valence-electron chi connectivity index (χ4n) is 3.09. The van der Waals surface area contributed by atoms with Crippen molar-refractivity contribution in [3.63, 3.8) is 0 Å². The van der Waals surface area contributed by atoms with E-state index in [0.29, 0.717) is 24.9 Å². The maximum absolute atomic E-state index is 12.5. The van der Waals surface area contributed by atoms with Crippen molar-refractivity contribution in [1.82, 2.24) is 4.90 Å². The fourth-order valence-corrected chi connectivity index (χ4v) is 3.74. The van der Waals surface area contributed by atoms with E-state index < -0.39 is 24.7 Å². The molecular formula is C20H18INO5. The highest BCUT2D eigenvalue weighted by molar-refractivity contribution is 14.1. The molecule has 7 heteroatoms. The summed E-state index contributed by atoms with van der Waals surface area (Å²) in [6.07, 6.45) is -0.121. The van der Waals surface area contributed by atoms with E-state index in [1.54, 1.807) is 12.1 Å². The maximum Gasteiger partial charge on any atom is 0.408 e. The first-order valence-electron chi connectivity index (χ1n) is 8.51. The molecule has 1 aliphatic rings. The number of nitrogens with zero attached hydrogens (tertiary/aromatic N) is 1. The Balaban J connectivity index is 1.68. The second-order valence-corrected chi connectivity index (χ2v) is 7.39. The quantitative estimate of drug-likeness (QED) is 0.401. The number of carbonyl (C=O) groups excluding carboxylic acids is 2. The molecular weight excluding hydrogens is 461 g/mol. The van der Waals surface area contributed by atoms with Crippen LogP contribution in [0.3, 0.4) is 0 Å². The number of esters is 1. The van der Waals surface area contributed by atoms with Gasteiger partial charge in [0.15, 0.2) is 12.4 Å². The number of likely N-dealkylation sites (tertiary alicyclic amines) is 1. The Morgan fingerprint density at radius 1 is 1.15 bits per heavy atom. The van der Waals surface area contributed by atoms with Crippen molar-refractivity contribution >= 4 is 40.4 Å². The van der Waals surface area contributed by atoms with Gasteiger partial charge in [-0.3, -0.25) is 9.69 Å². The molecule has 6 nitrogen and oxygen atoms in total. The highest BCUT2D eigenvalue weighted by atomic mass is 127. The van der Waals surface area contributed by atoms with Crippen molar-refractivity contribution in [3.05, 3.63) is 57.7 Å². The van der Waals surface area contributed by atoms with Gasteiger partial charge in [-0.15, -0.1) is 0 Å². The molecule has 0 radical (unpaired) electrons. The van der Waals surface area contributed by atoms with Crippen LogP contribution in [0.4, 0.5) is 4.79 Å². The molecule has 1 saturated heterocycles. The number of carboxylic acid groups (broad SMARTS) is 1. The minimum Gasteiger partial charge on any atom is -0.465 e. The zero-order valence-electron chi connectivity index (χ0n) is 14.4.